The van der Waals surface area contributed by atoms with Crippen LogP contribution in [-0.2, 0) is 9.53 Å². The number of carbonyl (C=O) groups is 1. The van der Waals surface area contributed by atoms with Gasteiger partial charge in [0, 0.05) is 19.3 Å². The zero-order valence-corrected chi connectivity index (χ0v) is 12.6. The molecule has 2 heteroatoms. The summed E-state index contributed by atoms with van der Waals surface area (Å²) in [6, 6.07) is 0. The molecule has 2 rings (SSSR count). The second-order valence-corrected chi connectivity index (χ2v) is 6.57. The third-order valence-electron chi connectivity index (χ3n) is 4.75. The molecule has 0 aliphatic heterocycles. The Morgan fingerprint density at radius 2 is 2.16 bits per heavy atom. The summed E-state index contributed by atoms with van der Waals surface area (Å²) in [5, 5.41) is 0. The van der Waals surface area contributed by atoms with Crippen LogP contribution in [0.5, 0.6) is 0 Å². The third-order valence-corrected chi connectivity index (χ3v) is 4.75. The molecule has 0 aromatic rings. The maximum atomic E-state index is 11.3. The van der Waals surface area contributed by atoms with Crippen LogP contribution in [0.25, 0.3) is 0 Å². The van der Waals surface area contributed by atoms with Crippen LogP contribution in [0, 0.1) is 23.7 Å². The van der Waals surface area contributed by atoms with Gasteiger partial charge in [-0.25, -0.2) is 0 Å². The zero-order chi connectivity index (χ0) is 14.2. The number of hydrogen-bond acceptors (Lipinski definition) is 2. The van der Waals surface area contributed by atoms with E-state index in [1.54, 1.807) is 0 Å². The fraction of sp³-hybridized carbons (Fsp3) is 0.706. The first-order valence-corrected chi connectivity index (χ1v) is 7.42. The summed E-state index contributed by atoms with van der Waals surface area (Å²) in [4.78, 5) is 11.3. The highest BCUT2D eigenvalue weighted by Gasteiger charge is 2.43. The molecule has 0 N–H and O–H groups in total. The minimum atomic E-state index is -0.169. The van der Waals surface area contributed by atoms with Gasteiger partial charge in [-0.15, -0.1) is 0 Å². The van der Waals surface area contributed by atoms with Crippen LogP contribution in [0.15, 0.2) is 23.8 Å². The molecule has 0 spiro atoms. The molecule has 0 bridgehead atoms. The van der Waals surface area contributed by atoms with Gasteiger partial charge >= 0.3 is 5.97 Å². The van der Waals surface area contributed by atoms with Crippen LogP contribution >= 0.6 is 0 Å². The van der Waals surface area contributed by atoms with Gasteiger partial charge in [0.25, 0.3) is 0 Å². The summed E-state index contributed by atoms with van der Waals surface area (Å²) < 4.78 is 5.59. The molecule has 1 saturated carbocycles. The molecule has 0 radical (unpaired) electrons. The van der Waals surface area contributed by atoms with E-state index in [4.69, 9.17) is 4.74 Å². The van der Waals surface area contributed by atoms with E-state index in [1.165, 1.54) is 24.5 Å². The van der Waals surface area contributed by atoms with Crippen molar-refractivity contribution in [3.63, 3.8) is 0 Å². The van der Waals surface area contributed by atoms with Crippen molar-refractivity contribution >= 4 is 5.97 Å². The molecular weight excluding hydrogens is 236 g/mol. The normalized spacial score (nSPS) is 34.8. The highest BCUT2D eigenvalue weighted by molar-refractivity contribution is 5.66. The Bertz CT molecular complexity index is 405. The number of ether oxygens (including phenoxy) is 1. The SMILES string of the molecule is C=C1CC[C@@H](C(C)C)C2C=C(C)C[C@H](OC(C)=O)C12. The molecular formula is C17H26O2. The Labute approximate surface area is 116 Å². The van der Waals surface area contributed by atoms with Crippen molar-refractivity contribution in [1.82, 2.24) is 0 Å². The molecule has 2 aliphatic rings. The quantitative estimate of drug-likeness (QED) is 0.552. The fourth-order valence-electron chi connectivity index (χ4n) is 3.93. The van der Waals surface area contributed by atoms with E-state index in [0.717, 1.165) is 12.8 Å². The van der Waals surface area contributed by atoms with Gasteiger partial charge < -0.3 is 4.74 Å². The summed E-state index contributed by atoms with van der Waals surface area (Å²) in [5.41, 5.74) is 2.63. The van der Waals surface area contributed by atoms with Gasteiger partial charge in [0.2, 0.25) is 0 Å². The number of allylic oxidation sites excluding steroid dienone is 1. The first-order valence-electron chi connectivity index (χ1n) is 7.42. The lowest BCUT2D eigenvalue weighted by Gasteiger charge is -2.46. The van der Waals surface area contributed by atoms with Gasteiger partial charge in [-0.05, 0) is 37.5 Å². The Kier molecular flexibility index (Phi) is 4.17. The maximum Gasteiger partial charge on any atom is 0.302 e. The van der Waals surface area contributed by atoms with E-state index in [1.807, 2.05) is 0 Å². The van der Waals surface area contributed by atoms with Crippen molar-refractivity contribution in [2.45, 2.75) is 53.1 Å². The average molecular weight is 262 g/mol. The number of esters is 1. The van der Waals surface area contributed by atoms with Crippen LogP contribution in [0.3, 0.4) is 0 Å². The number of fused-ring (bicyclic) bond motifs is 1. The van der Waals surface area contributed by atoms with Crippen molar-refractivity contribution in [2.24, 2.45) is 23.7 Å². The Morgan fingerprint density at radius 3 is 2.74 bits per heavy atom. The van der Waals surface area contributed by atoms with Crippen LogP contribution in [0.4, 0.5) is 0 Å². The highest BCUT2D eigenvalue weighted by atomic mass is 16.5. The Balaban J connectivity index is 2.30. The molecule has 0 aromatic heterocycles. The van der Waals surface area contributed by atoms with Gasteiger partial charge in [0.05, 0.1) is 0 Å². The lowest BCUT2D eigenvalue weighted by Crippen LogP contribution is -2.42. The topological polar surface area (TPSA) is 26.3 Å². The Hall–Kier alpha value is -1.05. The van der Waals surface area contributed by atoms with E-state index in [2.05, 4.69) is 33.4 Å². The van der Waals surface area contributed by atoms with Crippen molar-refractivity contribution in [2.75, 3.05) is 0 Å². The zero-order valence-electron chi connectivity index (χ0n) is 12.6. The molecule has 0 amide bonds. The molecule has 106 valence electrons. The largest absolute Gasteiger partial charge is 0.462 e. The molecule has 0 aromatic carbocycles. The van der Waals surface area contributed by atoms with Gasteiger partial charge in [-0.2, -0.15) is 0 Å². The standard InChI is InChI=1S/C17H26O2/c1-10(2)14-7-6-12(4)17-15(14)8-11(3)9-16(17)19-13(5)18/h8,10,14-17H,4,6-7,9H2,1-3,5H3/t14-,15?,16-,17?/m0/s1. The molecule has 2 nitrogen and oxygen atoms in total. The van der Waals surface area contributed by atoms with Crippen LogP contribution in [0.1, 0.15) is 47.0 Å². The smallest absolute Gasteiger partial charge is 0.302 e. The van der Waals surface area contributed by atoms with Crippen LogP contribution in [0.2, 0.25) is 0 Å². The first kappa shape index (κ1) is 14.4. The molecule has 2 aliphatic carbocycles. The van der Waals surface area contributed by atoms with E-state index in [-0.39, 0.29) is 12.1 Å². The third kappa shape index (κ3) is 2.93. The summed E-state index contributed by atoms with van der Waals surface area (Å²) in [7, 11) is 0. The van der Waals surface area contributed by atoms with Gasteiger partial charge in [0.1, 0.15) is 6.10 Å². The Morgan fingerprint density at radius 1 is 1.47 bits per heavy atom. The van der Waals surface area contributed by atoms with E-state index < -0.39 is 0 Å². The molecule has 19 heavy (non-hydrogen) atoms. The highest BCUT2D eigenvalue weighted by Crippen LogP contribution is 2.48. The first-order chi connectivity index (χ1) is 8.90. The molecule has 0 heterocycles. The summed E-state index contributed by atoms with van der Waals surface area (Å²) in [5.74, 6) is 2.01. The summed E-state index contributed by atoms with van der Waals surface area (Å²) in [6.45, 7) is 12.5. The van der Waals surface area contributed by atoms with Gasteiger partial charge in [-0.1, -0.05) is 37.6 Å². The maximum absolute atomic E-state index is 11.3. The number of carbonyl (C=O) groups excluding carboxylic acids is 1. The van der Waals surface area contributed by atoms with E-state index >= 15 is 0 Å². The predicted octanol–water partition coefficient (Wildman–Crippen LogP) is 4.12. The molecule has 2 unspecified atom stereocenters. The summed E-state index contributed by atoms with van der Waals surface area (Å²) in [6.07, 6.45) is 5.58. The molecule has 1 fully saturated rings. The van der Waals surface area contributed by atoms with E-state index in [9.17, 15) is 4.79 Å². The second kappa shape index (κ2) is 5.52. The lowest BCUT2D eigenvalue weighted by atomic mass is 9.61. The van der Waals surface area contributed by atoms with E-state index in [0.29, 0.717) is 23.7 Å². The lowest BCUT2D eigenvalue weighted by molar-refractivity contribution is -0.150. The van der Waals surface area contributed by atoms with Gasteiger partial charge in [0.15, 0.2) is 0 Å². The predicted molar refractivity (Wildman–Crippen MR) is 77.6 cm³/mol. The molecule has 0 saturated heterocycles. The number of rotatable bonds is 2. The minimum Gasteiger partial charge on any atom is -0.462 e. The van der Waals surface area contributed by atoms with Crippen molar-refractivity contribution < 1.29 is 9.53 Å². The van der Waals surface area contributed by atoms with Crippen LogP contribution < -0.4 is 0 Å². The van der Waals surface area contributed by atoms with Crippen molar-refractivity contribution in [3.8, 4) is 0 Å². The fourth-order valence-corrected chi connectivity index (χ4v) is 3.93. The average Bonchev–Trinajstić information content (AvgIpc) is 2.26. The van der Waals surface area contributed by atoms with Crippen LogP contribution in [-0.4, -0.2) is 12.1 Å². The van der Waals surface area contributed by atoms with Crippen molar-refractivity contribution in [3.05, 3.63) is 23.8 Å². The summed E-state index contributed by atoms with van der Waals surface area (Å²) >= 11 is 0. The van der Waals surface area contributed by atoms with Gasteiger partial charge in [-0.3, -0.25) is 4.79 Å². The monoisotopic (exact) mass is 262 g/mol. The molecule has 4 atom stereocenters. The van der Waals surface area contributed by atoms with Crippen molar-refractivity contribution in [1.29, 1.82) is 0 Å². The minimum absolute atomic E-state index is 0.00144. The second-order valence-electron chi connectivity index (χ2n) is 6.57. The number of hydrogen-bond donors (Lipinski definition) is 0.